The molecule has 1 aromatic rings. The van der Waals surface area contributed by atoms with Gasteiger partial charge in [0.15, 0.2) is 0 Å². The van der Waals surface area contributed by atoms with Gasteiger partial charge in [-0.3, -0.25) is 0 Å². The lowest BCUT2D eigenvalue weighted by molar-refractivity contribution is 0.0193. The second-order valence-corrected chi connectivity index (χ2v) is 7.34. The van der Waals surface area contributed by atoms with E-state index in [1.165, 1.54) is 19.2 Å². The molecule has 1 heterocycles. The Balaban J connectivity index is 2.17. The molecule has 1 aromatic carbocycles. The largest absolute Gasteiger partial charge is 0.497 e. The number of nitrogens with zero attached hydrogens (tertiary/aromatic N) is 2. The highest BCUT2D eigenvalue weighted by Crippen LogP contribution is 2.29. The van der Waals surface area contributed by atoms with Crippen LogP contribution in [0, 0.1) is 5.82 Å². The van der Waals surface area contributed by atoms with Crippen molar-refractivity contribution in [1.29, 1.82) is 0 Å². The van der Waals surface area contributed by atoms with Crippen molar-refractivity contribution in [3.63, 3.8) is 0 Å². The van der Waals surface area contributed by atoms with E-state index in [1.807, 2.05) is 40.7 Å². The van der Waals surface area contributed by atoms with Gasteiger partial charge in [0.2, 0.25) is 0 Å². The number of ether oxygens (including phenoxy) is 2. The Morgan fingerprint density at radius 1 is 1.17 bits per heavy atom. The molecule has 6 heteroatoms. The molecule has 0 saturated carbocycles. The summed E-state index contributed by atoms with van der Waals surface area (Å²) in [4.78, 5) is 16.1. The van der Waals surface area contributed by atoms with Crippen LogP contribution >= 0.6 is 0 Å². The van der Waals surface area contributed by atoms with Crippen molar-refractivity contribution >= 4 is 11.8 Å². The van der Waals surface area contributed by atoms with Crippen molar-refractivity contribution in [1.82, 2.24) is 4.90 Å². The standard InChI is InChI=1S/C18H27FN2O3/c1-12-10-20(17(22)24-18(3,4)5)11-13(2)21(12)15-7-14(19)8-16(9-15)23-6/h7-9,12-13H,10-11H2,1-6H3/t12-,13?/m1/s1. The van der Waals surface area contributed by atoms with Crippen molar-refractivity contribution in [3.05, 3.63) is 24.0 Å². The highest BCUT2D eigenvalue weighted by atomic mass is 19.1. The van der Waals surface area contributed by atoms with Gasteiger partial charge in [-0.2, -0.15) is 0 Å². The van der Waals surface area contributed by atoms with Gasteiger partial charge in [0, 0.05) is 43.0 Å². The van der Waals surface area contributed by atoms with E-state index >= 15 is 0 Å². The lowest BCUT2D eigenvalue weighted by atomic mass is 10.1. The number of piperazine rings is 1. The van der Waals surface area contributed by atoms with Crippen molar-refractivity contribution in [2.75, 3.05) is 25.1 Å². The summed E-state index contributed by atoms with van der Waals surface area (Å²) in [5, 5.41) is 0. The van der Waals surface area contributed by atoms with E-state index in [-0.39, 0.29) is 24.0 Å². The number of rotatable bonds is 2. The molecule has 0 radical (unpaired) electrons. The Morgan fingerprint density at radius 3 is 2.25 bits per heavy atom. The average Bonchev–Trinajstić information content (AvgIpc) is 2.44. The molecule has 1 saturated heterocycles. The third-order valence-corrected chi connectivity index (χ3v) is 3.96. The maximum atomic E-state index is 13.8. The summed E-state index contributed by atoms with van der Waals surface area (Å²) in [5.41, 5.74) is 0.243. The van der Waals surface area contributed by atoms with Crippen molar-refractivity contribution in [2.24, 2.45) is 0 Å². The molecule has 0 aliphatic carbocycles. The van der Waals surface area contributed by atoms with Gasteiger partial charge < -0.3 is 19.3 Å². The summed E-state index contributed by atoms with van der Waals surface area (Å²) in [7, 11) is 1.52. The molecule has 0 bridgehead atoms. The van der Waals surface area contributed by atoms with E-state index < -0.39 is 5.60 Å². The second kappa shape index (κ2) is 6.87. The molecule has 24 heavy (non-hydrogen) atoms. The number of amides is 1. The molecule has 1 amide bonds. The number of halogens is 1. The van der Waals surface area contributed by atoms with Gasteiger partial charge in [-0.05, 0) is 40.7 Å². The summed E-state index contributed by atoms with van der Waals surface area (Å²) in [5.74, 6) is 0.150. The zero-order chi connectivity index (χ0) is 18.1. The summed E-state index contributed by atoms with van der Waals surface area (Å²) in [6.07, 6.45) is -0.308. The lowest BCUT2D eigenvalue weighted by Crippen LogP contribution is -2.58. The van der Waals surface area contributed by atoms with Crippen LogP contribution in [0.2, 0.25) is 0 Å². The normalized spacial score (nSPS) is 21.6. The van der Waals surface area contributed by atoms with Crippen LogP contribution < -0.4 is 9.64 Å². The minimum Gasteiger partial charge on any atom is -0.497 e. The van der Waals surface area contributed by atoms with Gasteiger partial charge in [-0.15, -0.1) is 0 Å². The fourth-order valence-electron chi connectivity index (χ4n) is 3.12. The first-order valence-corrected chi connectivity index (χ1v) is 8.21. The van der Waals surface area contributed by atoms with Crippen LogP contribution in [0.5, 0.6) is 5.75 Å². The molecular formula is C18H27FN2O3. The van der Waals surface area contributed by atoms with E-state index in [4.69, 9.17) is 9.47 Å². The molecule has 0 N–H and O–H groups in total. The highest BCUT2D eigenvalue weighted by molar-refractivity contribution is 5.69. The molecule has 0 spiro atoms. The zero-order valence-corrected chi connectivity index (χ0v) is 15.3. The minimum absolute atomic E-state index is 0.0350. The first-order chi connectivity index (χ1) is 11.1. The Labute approximate surface area is 143 Å². The van der Waals surface area contributed by atoms with Crippen LogP contribution in [0.1, 0.15) is 34.6 Å². The van der Waals surface area contributed by atoms with Gasteiger partial charge in [0.25, 0.3) is 0 Å². The minimum atomic E-state index is -0.517. The summed E-state index contributed by atoms with van der Waals surface area (Å²) in [6.45, 7) is 10.7. The highest BCUT2D eigenvalue weighted by Gasteiger charge is 2.34. The van der Waals surface area contributed by atoms with E-state index in [0.29, 0.717) is 18.8 Å². The summed E-state index contributed by atoms with van der Waals surface area (Å²) < 4.78 is 24.4. The molecule has 1 aliphatic heterocycles. The molecule has 134 valence electrons. The molecule has 1 fully saturated rings. The molecule has 1 unspecified atom stereocenters. The first-order valence-electron chi connectivity index (χ1n) is 8.21. The van der Waals surface area contributed by atoms with Gasteiger partial charge in [0.05, 0.1) is 7.11 Å². The van der Waals surface area contributed by atoms with Crippen LogP contribution in [-0.4, -0.2) is 48.9 Å². The zero-order valence-electron chi connectivity index (χ0n) is 15.3. The molecular weight excluding hydrogens is 311 g/mol. The van der Waals surface area contributed by atoms with E-state index in [9.17, 15) is 9.18 Å². The fourth-order valence-corrected chi connectivity index (χ4v) is 3.12. The number of carbonyl (C=O) groups is 1. The Morgan fingerprint density at radius 2 is 1.75 bits per heavy atom. The number of methoxy groups -OCH3 is 1. The molecule has 5 nitrogen and oxygen atoms in total. The number of hydrogen-bond acceptors (Lipinski definition) is 4. The molecule has 1 aliphatic rings. The average molecular weight is 338 g/mol. The van der Waals surface area contributed by atoms with Gasteiger partial charge >= 0.3 is 6.09 Å². The Bertz CT molecular complexity index is 588. The SMILES string of the molecule is COc1cc(F)cc(N2C(C)CN(C(=O)OC(C)(C)C)C[C@H]2C)c1. The number of hydrogen-bond donors (Lipinski definition) is 0. The van der Waals surface area contributed by atoms with Crippen LogP contribution in [-0.2, 0) is 4.74 Å². The van der Waals surface area contributed by atoms with Gasteiger partial charge in [-0.25, -0.2) is 9.18 Å². The van der Waals surface area contributed by atoms with Crippen molar-refractivity contribution in [3.8, 4) is 5.75 Å². The predicted molar refractivity (Wildman–Crippen MR) is 92.2 cm³/mol. The second-order valence-electron chi connectivity index (χ2n) is 7.34. The van der Waals surface area contributed by atoms with E-state index in [0.717, 1.165) is 5.69 Å². The predicted octanol–water partition coefficient (Wildman–Crippen LogP) is 3.67. The molecule has 0 aromatic heterocycles. The number of benzene rings is 1. The first kappa shape index (κ1) is 18.4. The van der Waals surface area contributed by atoms with E-state index in [1.54, 1.807) is 4.90 Å². The van der Waals surface area contributed by atoms with E-state index in [2.05, 4.69) is 4.90 Å². The lowest BCUT2D eigenvalue weighted by Gasteiger charge is -2.45. The molecule has 2 atom stereocenters. The summed E-state index contributed by atoms with van der Waals surface area (Å²) >= 11 is 0. The topological polar surface area (TPSA) is 42.0 Å². The van der Waals surface area contributed by atoms with Crippen LogP contribution in [0.15, 0.2) is 18.2 Å². The van der Waals surface area contributed by atoms with Crippen molar-refractivity contribution < 1.29 is 18.7 Å². The van der Waals surface area contributed by atoms with Gasteiger partial charge in [-0.1, -0.05) is 0 Å². The molecule has 2 rings (SSSR count). The Hall–Kier alpha value is -1.98. The Kier molecular flexibility index (Phi) is 5.26. The third-order valence-electron chi connectivity index (χ3n) is 3.96. The summed E-state index contributed by atoms with van der Waals surface area (Å²) in [6, 6.07) is 4.74. The van der Waals surface area contributed by atoms with Gasteiger partial charge in [0.1, 0.15) is 17.2 Å². The smallest absolute Gasteiger partial charge is 0.410 e. The van der Waals surface area contributed by atoms with Crippen molar-refractivity contribution in [2.45, 2.75) is 52.3 Å². The van der Waals surface area contributed by atoms with Crippen LogP contribution in [0.25, 0.3) is 0 Å². The maximum absolute atomic E-state index is 13.8. The van der Waals surface area contributed by atoms with Crippen LogP contribution in [0.4, 0.5) is 14.9 Å². The van der Waals surface area contributed by atoms with Crippen LogP contribution in [0.3, 0.4) is 0 Å². The number of carbonyl (C=O) groups excluding carboxylic acids is 1. The third kappa shape index (κ3) is 4.30. The maximum Gasteiger partial charge on any atom is 0.410 e. The fraction of sp³-hybridized carbons (Fsp3) is 0.611. The number of anilines is 1. The quantitative estimate of drug-likeness (QED) is 0.825. The monoisotopic (exact) mass is 338 g/mol.